The zero-order valence-electron chi connectivity index (χ0n) is 19.2. The first kappa shape index (κ1) is 22.5. The quantitative estimate of drug-likeness (QED) is 0.508. The summed E-state index contributed by atoms with van der Waals surface area (Å²) in [4.78, 5) is 26.4. The van der Waals surface area contributed by atoms with Crippen LogP contribution >= 0.6 is 11.8 Å². The van der Waals surface area contributed by atoms with E-state index in [0.29, 0.717) is 24.0 Å². The number of benzene rings is 1. The molecule has 0 spiro atoms. The lowest BCUT2D eigenvalue weighted by molar-refractivity contribution is -0.132. The third-order valence-corrected chi connectivity index (χ3v) is 6.44. The molecule has 0 aliphatic carbocycles. The van der Waals surface area contributed by atoms with E-state index in [-0.39, 0.29) is 5.91 Å². The summed E-state index contributed by atoms with van der Waals surface area (Å²) < 4.78 is 7.26. The van der Waals surface area contributed by atoms with Gasteiger partial charge < -0.3 is 9.64 Å². The van der Waals surface area contributed by atoms with Crippen LogP contribution in [0.2, 0.25) is 0 Å². The molecule has 1 aliphatic heterocycles. The van der Waals surface area contributed by atoms with Gasteiger partial charge in [0, 0.05) is 49.7 Å². The molecular formula is C23H30N6O2S. The van der Waals surface area contributed by atoms with Crippen molar-refractivity contribution in [2.24, 2.45) is 0 Å². The number of nitrogens with zero attached hydrogens (tertiary/aromatic N) is 6. The number of hydrogen-bond donors (Lipinski definition) is 0. The van der Waals surface area contributed by atoms with Gasteiger partial charge in [-0.3, -0.25) is 9.69 Å². The van der Waals surface area contributed by atoms with Crippen LogP contribution in [0.15, 0.2) is 29.4 Å². The summed E-state index contributed by atoms with van der Waals surface area (Å²) in [6.45, 7) is 10.7. The van der Waals surface area contributed by atoms with Gasteiger partial charge in [-0.25, -0.2) is 9.50 Å². The number of rotatable bonds is 7. The fourth-order valence-electron chi connectivity index (χ4n) is 4.07. The van der Waals surface area contributed by atoms with Gasteiger partial charge in [0.1, 0.15) is 5.75 Å². The lowest BCUT2D eigenvalue weighted by Gasteiger charge is -2.35. The normalized spacial score (nSPS) is 14.8. The van der Waals surface area contributed by atoms with Gasteiger partial charge in [-0.1, -0.05) is 23.9 Å². The summed E-state index contributed by atoms with van der Waals surface area (Å²) in [5, 5.41) is 5.17. The van der Waals surface area contributed by atoms with Crippen LogP contribution in [0.25, 0.3) is 5.78 Å². The molecule has 0 unspecified atom stereocenters. The molecule has 0 saturated carbocycles. The molecular weight excluding hydrogens is 424 g/mol. The van der Waals surface area contributed by atoms with Crippen molar-refractivity contribution in [1.29, 1.82) is 0 Å². The number of thioether (sulfide) groups is 1. The highest BCUT2D eigenvalue weighted by Crippen LogP contribution is 2.19. The Morgan fingerprint density at radius 1 is 1.09 bits per heavy atom. The molecule has 1 aromatic carbocycles. The molecule has 170 valence electrons. The van der Waals surface area contributed by atoms with Crippen LogP contribution in [0, 0.1) is 13.8 Å². The number of carbonyl (C=O) groups is 1. The van der Waals surface area contributed by atoms with Gasteiger partial charge in [0.05, 0.1) is 13.0 Å². The molecule has 3 heterocycles. The van der Waals surface area contributed by atoms with Gasteiger partial charge in [0.15, 0.2) is 0 Å². The first-order valence-electron chi connectivity index (χ1n) is 11.0. The highest BCUT2D eigenvalue weighted by molar-refractivity contribution is 7.98. The van der Waals surface area contributed by atoms with Crippen LogP contribution < -0.4 is 4.74 Å². The topological polar surface area (TPSA) is 75.9 Å². The van der Waals surface area contributed by atoms with E-state index in [0.717, 1.165) is 55.4 Å². The minimum Gasteiger partial charge on any atom is -0.494 e. The van der Waals surface area contributed by atoms with E-state index in [9.17, 15) is 4.79 Å². The SMILES string of the molecule is CCOc1ccc(CN2CCN(C(=O)Cc3c(C)nc4nc(SC)nn4c3C)CC2)cc1. The predicted octanol–water partition coefficient (Wildman–Crippen LogP) is 2.75. The van der Waals surface area contributed by atoms with Gasteiger partial charge in [-0.2, -0.15) is 4.98 Å². The lowest BCUT2D eigenvalue weighted by atomic mass is 10.1. The molecule has 1 saturated heterocycles. The third-order valence-electron chi connectivity index (χ3n) is 5.91. The van der Waals surface area contributed by atoms with Crippen molar-refractivity contribution < 1.29 is 9.53 Å². The largest absolute Gasteiger partial charge is 0.494 e. The van der Waals surface area contributed by atoms with E-state index in [2.05, 4.69) is 32.1 Å². The molecule has 1 amide bonds. The molecule has 0 radical (unpaired) electrons. The second-order valence-electron chi connectivity index (χ2n) is 7.98. The maximum absolute atomic E-state index is 13.0. The van der Waals surface area contributed by atoms with Crippen LogP contribution in [-0.2, 0) is 17.8 Å². The highest BCUT2D eigenvalue weighted by Gasteiger charge is 2.23. The third kappa shape index (κ3) is 4.88. The Kier molecular flexibility index (Phi) is 6.95. The average Bonchev–Trinajstić information content (AvgIpc) is 3.22. The molecule has 4 rings (SSSR count). The second kappa shape index (κ2) is 9.87. The standard InChI is InChI=1S/C23H30N6O2S/c1-5-31-19-8-6-18(7-9-19)15-27-10-12-28(13-11-27)21(30)14-20-16(2)24-22-25-23(32-4)26-29(22)17(20)3/h6-9H,5,10-15H2,1-4H3. The van der Waals surface area contributed by atoms with Gasteiger partial charge in [0.2, 0.25) is 11.1 Å². The molecule has 1 aliphatic rings. The van der Waals surface area contributed by atoms with E-state index < -0.39 is 0 Å². The first-order valence-corrected chi connectivity index (χ1v) is 12.2. The number of piperazine rings is 1. The summed E-state index contributed by atoms with van der Waals surface area (Å²) in [7, 11) is 0. The zero-order chi connectivity index (χ0) is 22.7. The van der Waals surface area contributed by atoms with Crippen molar-refractivity contribution in [2.75, 3.05) is 39.0 Å². The molecule has 0 N–H and O–H groups in total. The molecule has 1 fully saturated rings. The Morgan fingerprint density at radius 2 is 1.81 bits per heavy atom. The molecule has 8 nitrogen and oxygen atoms in total. The predicted molar refractivity (Wildman–Crippen MR) is 125 cm³/mol. The van der Waals surface area contributed by atoms with Crippen LogP contribution in [0.4, 0.5) is 0 Å². The number of hydrogen-bond acceptors (Lipinski definition) is 7. The van der Waals surface area contributed by atoms with Crippen molar-refractivity contribution in [2.45, 2.75) is 38.9 Å². The molecule has 3 aromatic rings. The zero-order valence-corrected chi connectivity index (χ0v) is 20.0. The second-order valence-corrected chi connectivity index (χ2v) is 8.76. The Morgan fingerprint density at radius 3 is 2.47 bits per heavy atom. The summed E-state index contributed by atoms with van der Waals surface area (Å²) in [5.41, 5.74) is 3.98. The van der Waals surface area contributed by atoms with Crippen LogP contribution in [0.3, 0.4) is 0 Å². The van der Waals surface area contributed by atoms with Crippen molar-refractivity contribution in [1.82, 2.24) is 29.4 Å². The van der Waals surface area contributed by atoms with Gasteiger partial charge >= 0.3 is 0 Å². The molecule has 32 heavy (non-hydrogen) atoms. The molecule has 9 heteroatoms. The molecule has 2 aromatic heterocycles. The molecule has 0 bridgehead atoms. The summed E-state index contributed by atoms with van der Waals surface area (Å²) in [6, 6.07) is 8.27. The lowest BCUT2D eigenvalue weighted by Crippen LogP contribution is -2.48. The Labute approximate surface area is 193 Å². The molecule has 0 atom stereocenters. The maximum atomic E-state index is 13.0. The Bertz CT molecular complexity index is 1090. The number of carbonyl (C=O) groups excluding carboxylic acids is 1. The fraction of sp³-hybridized carbons (Fsp3) is 0.478. The minimum absolute atomic E-state index is 0.142. The summed E-state index contributed by atoms with van der Waals surface area (Å²) in [5.74, 6) is 1.63. The monoisotopic (exact) mass is 454 g/mol. The average molecular weight is 455 g/mol. The number of aryl methyl sites for hydroxylation is 2. The van der Waals surface area contributed by atoms with E-state index in [1.54, 1.807) is 4.52 Å². The van der Waals surface area contributed by atoms with E-state index in [1.165, 1.54) is 17.3 Å². The smallest absolute Gasteiger partial charge is 0.253 e. The van der Waals surface area contributed by atoms with Gasteiger partial charge in [0.25, 0.3) is 5.78 Å². The van der Waals surface area contributed by atoms with Crippen molar-refractivity contribution >= 4 is 23.4 Å². The number of aromatic nitrogens is 4. The van der Waals surface area contributed by atoms with E-state index >= 15 is 0 Å². The number of fused-ring (bicyclic) bond motifs is 1. The minimum atomic E-state index is 0.142. The van der Waals surface area contributed by atoms with Gasteiger partial charge in [-0.05, 0) is 44.7 Å². The Hall–Kier alpha value is -2.65. The fourth-order valence-corrected chi connectivity index (χ4v) is 4.40. The van der Waals surface area contributed by atoms with Crippen LogP contribution in [0.1, 0.15) is 29.4 Å². The van der Waals surface area contributed by atoms with Crippen molar-refractivity contribution in [3.8, 4) is 5.75 Å². The Balaban J connectivity index is 1.35. The highest BCUT2D eigenvalue weighted by atomic mass is 32.2. The summed E-state index contributed by atoms with van der Waals surface area (Å²) >= 11 is 1.49. The van der Waals surface area contributed by atoms with Gasteiger partial charge in [-0.15, -0.1) is 5.10 Å². The van der Waals surface area contributed by atoms with Crippen molar-refractivity contribution in [3.63, 3.8) is 0 Å². The first-order chi connectivity index (χ1) is 15.5. The van der Waals surface area contributed by atoms with Crippen molar-refractivity contribution in [3.05, 3.63) is 46.8 Å². The maximum Gasteiger partial charge on any atom is 0.253 e. The summed E-state index contributed by atoms with van der Waals surface area (Å²) in [6.07, 6.45) is 2.28. The van der Waals surface area contributed by atoms with Crippen LogP contribution in [0.5, 0.6) is 5.75 Å². The number of ether oxygens (including phenoxy) is 1. The van der Waals surface area contributed by atoms with E-state index in [1.807, 2.05) is 44.1 Å². The number of amides is 1. The van der Waals surface area contributed by atoms with E-state index in [4.69, 9.17) is 4.74 Å². The van der Waals surface area contributed by atoms with Crippen LogP contribution in [-0.4, -0.2) is 74.3 Å².